The third kappa shape index (κ3) is 14.6. The SMILES string of the molecule is C=CC(=O)O.CCCCCC(O)C(C)ON=O. The largest absolute Gasteiger partial charge is 0.478 e. The van der Waals surface area contributed by atoms with Crippen LogP contribution in [0.4, 0.5) is 0 Å². The first-order valence-corrected chi connectivity index (χ1v) is 5.51. The number of nitrogens with zero attached hydrogens (tertiary/aromatic N) is 1. The number of aliphatic hydroxyl groups is 1. The summed E-state index contributed by atoms with van der Waals surface area (Å²) in [5.41, 5.74) is 0. The topological polar surface area (TPSA) is 96.2 Å². The van der Waals surface area contributed by atoms with Gasteiger partial charge < -0.3 is 15.1 Å². The van der Waals surface area contributed by atoms with Crippen molar-refractivity contribution in [3.05, 3.63) is 17.6 Å². The summed E-state index contributed by atoms with van der Waals surface area (Å²) < 4.78 is 0. The first kappa shape index (κ1) is 17.9. The van der Waals surface area contributed by atoms with Gasteiger partial charge in [-0.25, -0.2) is 4.79 Å². The average Bonchev–Trinajstić information content (AvgIpc) is 2.30. The fourth-order valence-corrected chi connectivity index (χ4v) is 0.976. The predicted octanol–water partition coefficient (Wildman–Crippen LogP) is 2.27. The lowest BCUT2D eigenvalue weighted by molar-refractivity contribution is -0.131. The Morgan fingerprint density at radius 1 is 1.53 bits per heavy atom. The number of aliphatic carboxylic acids is 1. The van der Waals surface area contributed by atoms with Crippen LogP contribution in [0.25, 0.3) is 0 Å². The van der Waals surface area contributed by atoms with Crippen LogP contribution in [-0.4, -0.2) is 28.4 Å². The highest BCUT2D eigenvalue weighted by atomic mass is 16.7. The molecule has 0 radical (unpaired) electrons. The van der Waals surface area contributed by atoms with Crippen molar-refractivity contribution >= 4 is 5.97 Å². The molecule has 2 atom stereocenters. The van der Waals surface area contributed by atoms with Gasteiger partial charge in [-0.1, -0.05) is 32.8 Å². The average molecular weight is 247 g/mol. The van der Waals surface area contributed by atoms with Gasteiger partial charge in [-0.05, 0) is 13.3 Å². The van der Waals surface area contributed by atoms with Crippen molar-refractivity contribution in [3.63, 3.8) is 0 Å². The van der Waals surface area contributed by atoms with Gasteiger partial charge in [-0.2, -0.15) is 0 Å². The number of aliphatic hydroxyl groups excluding tert-OH is 1. The molecule has 0 aromatic heterocycles. The van der Waals surface area contributed by atoms with Crippen LogP contribution in [-0.2, 0) is 9.63 Å². The molecular weight excluding hydrogens is 226 g/mol. The zero-order valence-electron chi connectivity index (χ0n) is 10.3. The van der Waals surface area contributed by atoms with Gasteiger partial charge in [0.05, 0.1) is 6.10 Å². The maximum atomic E-state index is 9.67. The Balaban J connectivity index is 0. The number of carboxylic acid groups (broad SMARTS) is 1. The van der Waals surface area contributed by atoms with Gasteiger partial charge in [0.25, 0.3) is 0 Å². The van der Waals surface area contributed by atoms with E-state index in [4.69, 9.17) is 5.11 Å². The molecule has 6 nitrogen and oxygen atoms in total. The third-order valence-electron chi connectivity index (χ3n) is 2.03. The molecule has 0 aliphatic carbocycles. The van der Waals surface area contributed by atoms with E-state index in [1.54, 1.807) is 6.92 Å². The van der Waals surface area contributed by atoms with Crippen molar-refractivity contribution in [1.29, 1.82) is 0 Å². The molecule has 0 amide bonds. The fourth-order valence-electron chi connectivity index (χ4n) is 0.976. The summed E-state index contributed by atoms with van der Waals surface area (Å²) in [5.74, 6) is -0.981. The van der Waals surface area contributed by atoms with Crippen LogP contribution in [0, 0.1) is 4.91 Å². The lowest BCUT2D eigenvalue weighted by Gasteiger charge is -2.14. The Hall–Kier alpha value is -1.43. The van der Waals surface area contributed by atoms with E-state index in [1.807, 2.05) is 0 Å². The molecule has 0 rings (SSSR count). The summed E-state index contributed by atoms with van der Waals surface area (Å²) in [5, 5.41) is 19.2. The smallest absolute Gasteiger partial charge is 0.327 e. The summed E-state index contributed by atoms with van der Waals surface area (Å²) in [6.07, 6.45) is 3.62. The van der Waals surface area contributed by atoms with E-state index in [1.165, 1.54) is 0 Å². The first-order valence-electron chi connectivity index (χ1n) is 5.51. The molecule has 0 saturated heterocycles. The van der Waals surface area contributed by atoms with Gasteiger partial charge in [0.15, 0.2) is 11.4 Å². The van der Waals surface area contributed by atoms with E-state index in [9.17, 15) is 14.8 Å². The zero-order valence-corrected chi connectivity index (χ0v) is 10.3. The minimum atomic E-state index is -0.981. The van der Waals surface area contributed by atoms with Gasteiger partial charge >= 0.3 is 5.97 Å². The van der Waals surface area contributed by atoms with E-state index in [0.717, 1.165) is 25.3 Å². The summed E-state index contributed by atoms with van der Waals surface area (Å²) in [6, 6.07) is 0. The molecule has 2 N–H and O–H groups in total. The quantitative estimate of drug-likeness (QED) is 0.297. The van der Waals surface area contributed by atoms with Crippen molar-refractivity contribution < 1.29 is 19.8 Å². The Morgan fingerprint density at radius 3 is 2.41 bits per heavy atom. The highest BCUT2D eigenvalue weighted by Crippen LogP contribution is 2.08. The molecule has 2 unspecified atom stereocenters. The van der Waals surface area contributed by atoms with E-state index < -0.39 is 18.2 Å². The van der Waals surface area contributed by atoms with Gasteiger partial charge in [-0.3, -0.25) is 0 Å². The van der Waals surface area contributed by atoms with Crippen LogP contribution in [0.3, 0.4) is 0 Å². The molecule has 17 heavy (non-hydrogen) atoms. The summed E-state index contributed by atoms with van der Waals surface area (Å²) in [7, 11) is 0. The van der Waals surface area contributed by atoms with Crippen molar-refractivity contribution in [1.82, 2.24) is 0 Å². The molecule has 0 bridgehead atoms. The van der Waals surface area contributed by atoms with Crippen molar-refractivity contribution in [2.24, 2.45) is 5.34 Å². The molecule has 0 aliphatic rings. The number of hydrogen-bond acceptors (Lipinski definition) is 5. The van der Waals surface area contributed by atoms with E-state index in [0.29, 0.717) is 6.42 Å². The Labute approximate surface area is 101 Å². The van der Waals surface area contributed by atoms with E-state index in [-0.39, 0.29) is 0 Å². The van der Waals surface area contributed by atoms with Gasteiger partial charge in [-0.15, -0.1) is 4.91 Å². The molecular formula is C11H21NO5. The Kier molecular flexibility index (Phi) is 13.3. The van der Waals surface area contributed by atoms with Crippen LogP contribution in [0.5, 0.6) is 0 Å². The van der Waals surface area contributed by atoms with Crippen LogP contribution in [0.2, 0.25) is 0 Å². The number of rotatable bonds is 8. The van der Waals surface area contributed by atoms with Crippen LogP contribution >= 0.6 is 0 Å². The lowest BCUT2D eigenvalue weighted by Crippen LogP contribution is -2.24. The number of carboxylic acids is 1. The van der Waals surface area contributed by atoms with Crippen molar-refractivity contribution in [3.8, 4) is 0 Å². The first-order chi connectivity index (χ1) is 7.99. The monoisotopic (exact) mass is 247 g/mol. The van der Waals surface area contributed by atoms with E-state index >= 15 is 0 Å². The summed E-state index contributed by atoms with van der Waals surface area (Å²) >= 11 is 0. The van der Waals surface area contributed by atoms with Gasteiger partial charge in [0.2, 0.25) is 0 Å². The number of carbonyl (C=O) groups is 1. The molecule has 0 aromatic rings. The molecule has 0 saturated carbocycles. The zero-order chi connectivity index (χ0) is 13.7. The second-order valence-corrected chi connectivity index (χ2v) is 3.49. The maximum absolute atomic E-state index is 9.67. The fraction of sp³-hybridized carbons (Fsp3) is 0.727. The maximum Gasteiger partial charge on any atom is 0.327 e. The summed E-state index contributed by atoms with van der Waals surface area (Å²) in [4.78, 5) is 23.3. The molecule has 0 heterocycles. The lowest BCUT2D eigenvalue weighted by atomic mass is 10.1. The van der Waals surface area contributed by atoms with Crippen molar-refractivity contribution in [2.75, 3.05) is 0 Å². The highest BCUT2D eigenvalue weighted by Gasteiger charge is 2.14. The molecule has 0 spiro atoms. The Morgan fingerprint density at radius 2 is 2.06 bits per heavy atom. The molecule has 0 aromatic carbocycles. The van der Waals surface area contributed by atoms with Crippen LogP contribution in [0.1, 0.15) is 39.5 Å². The van der Waals surface area contributed by atoms with E-state index in [2.05, 4.69) is 23.7 Å². The van der Waals surface area contributed by atoms with Crippen LogP contribution < -0.4 is 0 Å². The van der Waals surface area contributed by atoms with Crippen molar-refractivity contribution in [2.45, 2.75) is 51.7 Å². The minimum Gasteiger partial charge on any atom is -0.478 e. The predicted molar refractivity (Wildman–Crippen MR) is 64.3 cm³/mol. The second-order valence-electron chi connectivity index (χ2n) is 3.49. The molecule has 0 aliphatic heterocycles. The molecule has 6 heteroatoms. The normalized spacial score (nSPS) is 12.6. The summed E-state index contributed by atoms with van der Waals surface area (Å²) in [6.45, 7) is 6.69. The Bertz CT molecular complexity index is 220. The second kappa shape index (κ2) is 12.6. The standard InChI is InChI=1S/C8H17NO3.C3H4O2/c1-3-4-5-6-8(10)7(2)12-9-11;1-2-3(4)5/h7-8,10H,3-6H2,1-2H3;2H,1H2,(H,4,5). The third-order valence-corrected chi connectivity index (χ3v) is 2.03. The van der Waals surface area contributed by atoms with Crippen LogP contribution in [0.15, 0.2) is 18.0 Å². The number of unbranched alkanes of at least 4 members (excludes halogenated alkanes) is 2. The van der Waals surface area contributed by atoms with Gasteiger partial charge in [0.1, 0.15) is 0 Å². The molecule has 0 fully saturated rings. The highest BCUT2D eigenvalue weighted by molar-refractivity contribution is 5.78. The molecule has 100 valence electrons. The van der Waals surface area contributed by atoms with Gasteiger partial charge in [0, 0.05) is 6.08 Å². The number of hydrogen-bond donors (Lipinski definition) is 2. The minimum absolute atomic E-state index is 0.487.